The normalized spacial score (nSPS) is 41.7. The molecule has 0 amide bonds. The molecule has 0 unspecified atom stereocenters. The van der Waals surface area contributed by atoms with Crippen molar-refractivity contribution < 1.29 is 38.1 Å². The Morgan fingerprint density at radius 3 is 2.38 bits per heavy atom. The first-order valence-corrected chi connectivity index (χ1v) is 10.1. The van der Waals surface area contributed by atoms with Gasteiger partial charge in [-0.1, -0.05) is 6.92 Å². The van der Waals surface area contributed by atoms with Crippen LogP contribution in [0.2, 0.25) is 0 Å². The fourth-order valence-electron chi connectivity index (χ4n) is 5.65. The van der Waals surface area contributed by atoms with Gasteiger partial charge in [-0.25, -0.2) is 0 Å². The van der Waals surface area contributed by atoms with Gasteiger partial charge in [0.2, 0.25) is 6.29 Å². The standard InChI is InChI=1S/C21H28O8/c1-11(22)25-7-14-8-26-19(29-13(3)24)18-16(14)17-15(5-6-21(18)10-28-21)20(17,4)9-27-12(2)23/h8,15-19H,5-7,9-10H2,1-4H3/t15-,16+,17-,18-,19+,20-,21+/m0/s1. The third-order valence-corrected chi connectivity index (χ3v) is 7.09. The second-order valence-electron chi connectivity index (χ2n) is 8.95. The van der Waals surface area contributed by atoms with Crippen LogP contribution in [0.4, 0.5) is 0 Å². The van der Waals surface area contributed by atoms with Crippen LogP contribution in [0.15, 0.2) is 11.8 Å². The number of rotatable bonds is 5. The lowest BCUT2D eigenvalue weighted by atomic mass is 9.71. The van der Waals surface area contributed by atoms with Crippen LogP contribution in [0.1, 0.15) is 40.5 Å². The maximum atomic E-state index is 11.7. The molecule has 1 saturated heterocycles. The topological polar surface area (TPSA) is 101 Å². The van der Waals surface area contributed by atoms with Gasteiger partial charge in [0.05, 0.1) is 25.4 Å². The molecule has 2 aliphatic carbocycles. The number of hydrogen-bond donors (Lipinski definition) is 0. The van der Waals surface area contributed by atoms with Crippen LogP contribution in [0, 0.1) is 29.1 Å². The molecule has 0 radical (unpaired) electrons. The van der Waals surface area contributed by atoms with E-state index in [1.807, 2.05) is 0 Å². The number of carbonyl (C=O) groups is 3. The Hall–Kier alpha value is -2.09. The Bertz CT molecular complexity index is 754. The first kappa shape index (κ1) is 20.2. The molecule has 8 nitrogen and oxygen atoms in total. The molecule has 3 fully saturated rings. The number of carbonyl (C=O) groups excluding carboxylic acids is 3. The maximum Gasteiger partial charge on any atom is 0.305 e. The van der Waals surface area contributed by atoms with Gasteiger partial charge in [-0.2, -0.15) is 0 Å². The van der Waals surface area contributed by atoms with Crippen LogP contribution in [-0.2, 0) is 38.1 Å². The molecule has 1 spiro atoms. The Balaban J connectivity index is 1.67. The number of fused-ring (bicyclic) bond motifs is 4. The van der Waals surface area contributed by atoms with Crippen LogP contribution in [0.3, 0.4) is 0 Å². The molecule has 0 aromatic rings. The summed E-state index contributed by atoms with van der Waals surface area (Å²) in [5.41, 5.74) is 0.279. The lowest BCUT2D eigenvalue weighted by Crippen LogP contribution is -2.47. The van der Waals surface area contributed by atoms with E-state index in [2.05, 4.69) is 6.92 Å². The van der Waals surface area contributed by atoms with Crippen LogP contribution in [0.5, 0.6) is 0 Å². The van der Waals surface area contributed by atoms with E-state index in [0.29, 0.717) is 19.1 Å². The minimum absolute atomic E-state index is 0.0528. The van der Waals surface area contributed by atoms with E-state index in [0.717, 1.165) is 18.4 Å². The molecule has 8 heteroatoms. The van der Waals surface area contributed by atoms with Crippen LogP contribution in [-0.4, -0.2) is 49.6 Å². The van der Waals surface area contributed by atoms with Gasteiger partial charge in [0.1, 0.15) is 12.2 Å². The molecule has 7 atom stereocenters. The Morgan fingerprint density at radius 2 is 1.79 bits per heavy atom. The minimum atomic E-state index is -0.751. The van der Waals surface area contributed by atoms with E-state index in [9.17, 15) is 14.4 Å². The summed E-state index contributed by atoms with van der Waals surface area (Å²) in [7, 11) is 0. The summed E-state index contributed by atoms with van der Waals surface area (Å²) < 4.78 is 27.9. The van der Waals surface area contributed by atoms with Gasteiger partial charge in [-0.15, -0.1) is 0 Å². The highest BCUT2D eigenvalue weighted by molar-refractivity contribution is 5.67. The van der Waals surface area contributed by atoms with Crippen LogP contribution in [0.25, 0.3) is 0 Å². The molecule has 4 aliphatic rings. The summed E-state index contributed by atoms with van der Waals surface area (Å²) >= 11 is 0. The fourth-order valence-corrected chi connectivity index (χ4v) is 5.65. The zero-order chi connectivity index (χ0) is 21.0. The molecule has 2 saturated carbocycles. The predicted molar refractivity (Wildman–Crippen MR) is 98.0 cm³/mol. The smallest absolute Gasteiger partial charge is 0.305 e. The minimum Gasteiger partial charge on any atom is -0.465 e. The van der Waals surface area contributed by atoms with Gasteiger partial charge in [-0.05, 0) is 24.7 Å². The first-order chi connectivity index (χ1) is 13.7. The van der Waals surface area contributed by atoms with Gasteiger partial charge in [0.15, 0.2) is 0 Å². The van der Waals surface area contributed by atoms with E-state index >= 15 is 0 Å². The summed E-state index contributed by atoms with van der Waals surface area (Å²) in [5, 5.41) is 0. The molecule has 2 aliphatic heterocycles. The number of ether oxygens (including phenoxy) is 5. The van der Waals surface area contributed by atoms with Crippen molar-refractivity contribution >= 4 is 17.9 Å². The molecule has 2 heterocycles. The van der Waals surface area contributed by atoms with Crippen molar-refractivity contribution in [2.45, 2.75) is 52.4 Å². The number of epoxide rings is 1. The van der Waals surface area contributed by atoms with E-state index in [-0.39, 0.29) is 41.7 Å². The van der Waals surface area contributed by atoms with Gasteiger partial charge in [0, 0.05) is 37.7 Å². The summed E-state index contributed by atoms with van der Waals surface area (Å²) in [6, 6.07) is 0. The zero-order valence-electron chi connectivity index (χ0n) is 17.3. The summed E-state index contributed by atoms with van der Waals surface area (Å²) in [5.74, 6) is -0.800. The van der Waals surface area contributed by atoms with Crippen molar-refractivity contribution in [1.82, 2.24) is 0 Å². The van der Waals surface area contributed by atoms with Crippen molar-refractivity contribution in [3.8, 4) is 0 Å². The fraction of sp³-hybridized carbons (Fsp3) is 0.762. The van der Waals surface area contributed by atoms with Crippen molar-refractivity contribution in [2.75, 3.05) is 19.8 Å². The molecule has 29 heavy (non-hydrogen) atoms. The highest BCUT2D eigenvalue weighted by Crippen LogP contribution is 2.72. The van der Waals surface area contributed by atoms with Crippen molar-refractivity contribution in [2.24, 2.45) is 29.1 Å². The highest BCUT2D eigenvalue weighted by Gasteiger charge is 2.73. The average molecular weight is 408 g/mol. The van der Waals surface area contributed by atoms with Gasteiger partial charge < -0.3 is 23.7 Å². The van der Waals surface area contributed by atoms with Gasteiger partial charge in [0.25, 0.3) is 0 Å². The predicted octanol–water partition coefficient (Wildman–Crippen LogP) is 1.96. The third-order valence-electron chi connectivity index (χ3n) is 7.09. The quantitative estimate of drug-likeness (QED) is 0.387. The van der Waals surface area contributed by atoms with Crippen LogP contribution < -0.4 is 0 Å². The third kappa shape index (κ3) is 3.52. The molecule has 0 bridgehead atoms. The van der Waals surface area contributed by atoms with Crippen LogP contribution >= 0.6 is 0 Å². The molecule has 0 N–H and O–H groups in total. The van der Waals surface area contributed by atoms with E-state index in [1.165, 1.54) is 20.8 Å². The lowest BCUT2D eigenvalue weighted by Gasteiger charge is -2.40. The van der Waals surface area contributed by atoms with E-state index in [1.54, 1.807) is 6.26 Å². The molecule has 160 valence electrons. The maximum absolute atomic E-state index is 11.7. The molecular weight excluding hydrogens is 380 g/mol. The largest absolute Gasteiger partial charge is 0.465 e. The van der Waals surface area contributed by atoms with Crippen molar-refractivity contribution in [1.29, 1.82) is 0 Å². The Kier molecular flexibility index (Phi) is 4.88. The van der Waals surface area contributed by atoms with Crippen molar-refractivity contribution in [3.05, 3.63) is 11.8 Å². The second kappa shape index (κ2) is 7.00. The molecular formula is C21H28O8. The second-order valence-corrected chi connectivity index (χ2v) is 8.95. The lowest BCUT2D eigenvalue weighted by molar-refractivity contribution is -0.193. The number of hydrogen-bond acceptors (Lipinski definition) is 8. The van der Waals surface area contributed by atoms with Gasteiger partial charge in [-0.3, -0.25) is 14.4 Å². The van der Waals surface area contributed by atoms with E-state index in [4.69, 9.17) is 23.7 Å². The molecule has 0 aromatic heterocycles. The summed E-state index contributed by atoms with van der Waals surface area (Å²) in [4.78, 5) is 34.5. The summed E-state index contributed by atoms with van der Waals surface area (Å²) in [6.07, 6.45) is 2.58. The SMILES string of the molecule is CC(=O)OCC1=CO[C@H](OC(C)=O)[C@@H]2[C@H]1[C@@H]1[C@H](CC[C@@]23CO3)[C@]1(C)COC(C)=O. The monoisotopic (exact) mass is 408 g/mol. The summed E-state index contributed by atoms with van der Waals surface area (Å²) in [6.45, 7) is 7.32. The van der Waals surface area contributed by atoms with E-state index < -0.39 is 17.9 Å². The molecule has 0 aromatic carbocycles. The Labute approximate surface area is 169 Å². The number of esters is 3. The average Bonchev–Trinajstić information content (AvgIpc) is 3.53. The van der Waals surface area contributed by atoms with Crippen molar-refractivity contribution in [3.63, 3.8) is 0 Å². The highest BCUT2D eigenvalue weighted by atomic mass is 16.7. The first-order valence-electron chi connectivity index (χ1n) is 10.1. The zero-order valence-corrected chi connectivity index (χ0v) is 17.3. The van der Waals surface area contributed by atoms with Gasteiger partial charge >= 0.3 is 17.9 Å². The Morgan fingerprint density at radius 1 is 1.10 bits per heavy atom. The molecule has 4 rings (SSSR count).